The Kier molecular flexibility index (Phi) is 4.83. The zero-order valence-corrected chi connectivity index (χ0v) is 15.1. The fourth-order valence-corrected chi connectivity index (χ4v) is 3.74. The first-order valence-corrected chi connectivity index (χ1v) is 9.20. The fraction of sp³-hybridized carbons (Fsp3) is 0.350. The molecule has 2 aliphatic heterocycles. The van der Waals surface area contributed by atoms with Crippen LogP contribution in [0, 0.1) is 5.82 Å². The van der Waals surface area contributed by atoms with Crippen LogP contribution in [0.25, 0.3) is 0 Å². The Morgan fingerprint density at radius 1 is 1.15 bits per heavy atom. The molecule has 2 aromatic carbocycles. The molecule has 0 atom stereocenters. The molecule has 1 fully saturated rings. The molecule has 0 bridgehead atoms. The van der Waals surface area contributed by atoms with Gasteiger partial charge in [-0.3, -0.25) is 9.69 Å². The largest absolute Gasteiger partial charge is 0.493 e. The molecule has 136 valence electrons. The van der Waals surface area contributed by atoms with Crippen LogP contribution >= 0.6 is 11.6 Å². The van der Waals surface area contributed by atoms with Gasteiger partial charge in [0, 0.05) is 55.3 Å². The number of ether oxygens (including phenoxy) is 1. The van der Waals surface area contributed by atoms with E-state index in [1.807, 2.05) is 23.1 Å². The highest BCUT2D eigenvalue weighted by Gasteiger charge is 2.24. The van der Waals surface area contributed by atoms with E-state index in [4.69, 9.17) is 16.3 Å². The van der Waals surface area contributed by atoms with Crippen LogP contribution in [-0.2, 0) is 13.0 Å². The third-order valence-electron chi connectivity index (χ3n) is 5.04. The van der Waals surface area contributed by atoms with Gasteiger partial charge >= 0.3 is 0 Å². The van der Waals surface area contributed by atoms with Gasteiger partial charge in [-0.1, -0.05) is 17.7 Å². The standard InChI is InChI=1S/C20H20ClFN2O2/c21-17-2-1-3-18(22)16(17)13-23-7-9-24(10-8-23)20(25)15-4-5-19-14(12-15)6-11-26-19/h1-5,12H,6-11,13H2. The Labute approximate surface area is 157 Å². The van der Waals surface area contributed by atoms with Gasteiger partial charge in [0.1, 0.15) is 11.6 Å². The summed E-state index contributed by atoms with van der Waals surface area (Å²) >= 11 is 6.11. The van der Waals surface area contributed by atoms with Gasteiger partial charge in [-0.25, -0.2) is 4.39 Å². The zero-order chi connectivity index (χ0) is 18.1. The van der Waals surface area contributed by atoms with Crippen LogP contribution in [0.15, 0.2) is 36.4 Å². The van der Waals surface area contributed by atoms with E-state index in [1.165, 1.54) is 6.07 Å². The Morgan fingerprint density at radius 2 is 1.96 bits per heavy atom. The lowest BCUT2D eigenvalue weighted by molar-refractivity contribution is 0.0627. The average Bonchev–Trinajstić information content (AvgIpc) is 3.12. The van der Waals surface area contributed by atoms with Crippen molar-refractivity contribution in [2.45, 2.75) is 13.0 Å². The normalized spacial score (nSPS) is 17.1. The number of benzene rings is 2. The molecular weight excluding hydrogens is 355 g/mol. The van der Waals surface area contributed by atoms with Crippen molar-refractivity contribution in [2.75, 3.05) is 32.8 Å². The molecule has 4 nitrogen and oxygen atoms in total. The fourth-order valence-electron chi connectivity index (χ4n) is 3.52. The Morgan fingerprint density at radius 3 is 2.73 bits per heavy atom. The van der Waals surface area contributed by atoms with Crippen LogP contribution in [0.3, 0.4) is 0 Å². The SMILES string of the molecule is O=C(c1ccc2c(c1)CCO2)N1CCN(Cc2c(F)cccc2Cl)CC1. The van der Waals surface area contributed by atoms with E-state index in [0.717, 1.165) is 17.7 Å². The summed E-state index contributed by atoms with van der Waals surface area (Å²) in [4.78, 5) is 16.7. The van der Waals surface area contributed by atoms with Gasteiger partial charge in [-0.05, 0) is 35.9 Å². The van der Waals surface area contributed by atoms with E-state index in [9.17, 15) is 9.18 Å². The van der Waals surface area contributed by atoms with Crippen molar-refractivity contribution in [3.63, 3.8) is 0 Å². The summed E-state index contributed by atoms with van der Waals surface area (Å²) in [6.07, 6.45) is 0.855. The molecule has 0 aliphatic carbocycles. The van der Waals surface area contributed by atoms with Crippen LogP contribution in [0.2, 0.25) is 5.02 Å². The third-order valence-corrected chi connectivity index (χ3v) is 5.39. The lowest BCUT2D eigenvalue weighted by Gasteiger charge is -2.35. The number of rotatable bonds is 3. The minimum atomic E-state index is -0.281. The van der Waals surface area contributed by atoms with Crippen LogP contribution in [0.5, 0.6) is 5.75 Å². The lowest BCUT2D eigenvalue weighted by Crippen LogP contribution is -2.48. The summed E-state index contributed by atoms with van der Waals surface area (Å²) in [5.41, 5.74) is 2.33. The molecule has 0 saturated carbocycles. The van der Waals surface area contributed by atoms with Crippen molar-refractivity contribution in [2.24, 2.45) is 0 Å². The van der Waals surface area contributed by atoms with Crippen molar-refractivity contribution in [1.82, 2.24) is 9.80 Å². The number of carbonyl (C=O) groups excluding carboxylic acids is 1. The minimum Gasteiger partial charge on any atom is -0.493 e. The van der Waals surface area contributed by atoms with Crippen LogP contribution < -0.4 is 4.74 Å². The van der Waals surface area contributed by atoms with E-state index in [-0.39, 0.29) is 11.7 Å². The van der Waals surface area contributed by atoms with Crippen molar-refractivity contribution >= 4 is 17.5 Å². The van der Waals surface area contributed by atoms with Crippen molar-refractivity contribution in [1.29, 1.82) is 0 Å². The molecule has 4 rings (SSSR count). The molecule has 1 amide bonds. The molecule has 0 radical (unpaired) electrons. The first-order chi connectivity index (χ1) is 12.6. The second-order valence-corrected chi connectivity index (χ2v) is 7.10. The molecule has 2 aliphatic rings. The zero-order valence-electron chi connectivity index (χ0n) is 14.4. The summed E-state index contributed by atoms with van der Waals surface area (Å²) < 4.78 is 19.5. The number of hydrogen-bond donors (Lipinski definition) is 0. The minimum absolute atomic E-state index is 0.0447. The van der Waals surface area contributed by atoms with E-state index in [0.29, 0.717) is 55.5 Å². The summed E-state index contributed by atoms with van der Waals surface area (Å²) in [7, 11) is 0. The lowest BCUT2D eigenvalue weighted by atomic mass is 10.1. The summed E-state index contributed by atoms with van der Waals surface area (Å²) in [5.74, 6) is 0.646. The molecular formula is C20H20ClFN2O2. The van der Waals surface area contributed by atoms with Crippen LogP contribution in [-0.4, -0.2) is 48.5 Å². The number of nitrogens with zero attached hydrogens (tertiary/aromatic N) is 2. The second-order valence-electron chi connectivity index (χ2n) is 6.69. The maximum Gasteiger partial charge on any atom is 0.253 e. The number of hydrogen-bond acceptors (Lipinski definition) is 3. The molecule has 6 heteroatoms. The Balaban J connectivity index is 1.38. The number of piperazine rings is 1. The van der Waals surface area contributed by atoms with Gasteiger partial charge in [-0.2, -0.15) is 0 Å². The quantitative estimate of drug-likeness (QED) is 0.825. The molecule has 1 saturated heterocycles. The van der Waals surface area contributed by atoms with Gasteiger partial charge in [0.2, 0.25) is 0 Å². The van der Waals surface area contributed by atoms with E-state index >= 15 is 0 Å². The highest BCUT2D eigenvalue weighted by molar-refractivity contribution is 6.31. The summed E-state index contributed by atoms with van der Waals surface area (Å²) in [6, 6.07) is 10.4. The van der Waals surface area contributed by atoms with E-state index < -0.39 is 0 Å². The molecule has 2 aromatic rings. The molecule has 0 aromatic heterocycles. The van der Waals surface area contributed by atoms with E-state index in [2.05, 4.69) is 4.90 Å². The van der Waals surface area contributed by atoms with Gasteiger partial charge in [0.05, 0.1) is 6.61 Å². The first kappa shape index (κ1) is 17.3. The van der Waals surface area contributed by atoms with Crippen molar-refractivity contribution in [3.05, 3.63) is 63.9 Å². The average molecular weight is 375 g/mol. The van der Waals surface area contributed by atoms with Crippen LogP contribution in [0.4, 0.5) is 4.39 Å². The highest BCUT2D eigenvalue weighted by Crippen LogP contribution is 2.27. The second kappa shape index (κ2) is 7.25. The van der Waals surface area contributed by atoms with Gasteiger partial charge < -0.3 is 9.64 Å². The Hall–Kier alpha value is -2.11. The monoisotopic (exact) mass is 374 g/mol. The molecule has 0 N–H and O–H groups in total. The topological polar surface area (TPSA) is 32.8 Å². The maximum atomic E-state index is 14.0. The summed E-state index contributed by atoms with van der Waals surface area (Å²) in [6.45, 7) is 3.79. The van der Waals surface area contributed by atoms with Gasteiger partial charge in [-0.15, -0.1) is 0 Å². The highest BCUT2D eigenvalue weighted by atomic mass is 35.5. The van der Waals surface area contributed by atoms with Crippen LogP contribution in [0.1, 0.15) is 21.5 Å². The van der Waals surface area contributed by atoms with E-state index in [1.54, 1.807) is 12.1 Å². The predicted molar refractivity (Wildman–Crippen MR) is 98.2 cm³/mol. The molecule has 0 spiro atoms. The number of fused-ring (bicyclic) bond motifs is 1. The maximum absolute atomic E-state index is 14.0. The van der Waals surface area contributed by atoms with Gasteiger partial charge in [0.15, 0.2) is 0 Å². The number of halogens is 2. The molecule has 26 heavy (non-hydrogen) atoms. The van der Waals surface area contributed by atoms with Gasteiger partial charge in [0.25, 0.3) is 5.91 Å². The number of carbonyl (C=O) groups is 1. The predicted octanol–water partition coefficient (Wildman–Crippen LogP) is 3.37. The Bertz CT molecular complexity index is 814. The van der Waals surface area contributed by atoms with Crippen molar-refractivity contribution in [3.8, 4) is 5.75 Å². The first-order valence-electron chi connectivity index (χ1n) is 8.82. The third kappa shape index (κ3) is 3.41. The van der Waals surface area contributed by atoms with Crippen molar-refractivity contribution < 1.29 is 13.9 Å². The number of amides is 1. The molecule has 2 heterocycles. The summed E-state index contributed by atoms with van der Waals surface area (Å²) in [5, 5.41) is 0.448. The molecule has 0 unspecified atom stereocenters. The smallest absolute Gasteiger partial charge is 0.253 e.